The van der Waals surface area contributed by atoms with Crippen molar-refractivity contribution < 1.29 is 14.6 Å². The van der Waals surface area contributed by atoms with E-state index in [0.29, 0.717) is 17.2 Å². The molecule has 1 rings (SSSR count). The predicted octanol–water partition coefficient (Wildman–Crippen LogP) is 3.01. The second-order valence-electron chi connectivity index (χ2n) is 3.11. The van der Waals surface area contributed by atoms with Crippen molar-refractivity contribution in [3.63, 3.8) is 0 Å². The first-order chi connectivity index (χ1) is 7.63. The predicted molar refractivity (Wildman–Crippen MR) is 63.4 cm³/mol. The molecular weight excluding hydrogens is 228 g/mol. The van der Waals surface area contributed by atoms with E-state index in [1.54, 1.807) is 31.2 Å². The number of hydrogen-bond donors (Lipinski definition) is 1. The molecule has 0 atom stereocenters. The van der Waals surface area contributed by atoms with Crippen LogP contribution >= 0.6 is 11.6 Å². The lowest BCUT2D eigenvalue weighted by atomic mass is 10.2. The average molecular weight is 241 g/mol. The van der Waals surface area contributed by atoms with Gasteiger partial charge in [0.1, 0.15) is 5.75 Å². The molecule has 0 aromatic heterocycles. The molecule has 86 valence electrons. The number of hydrogen-bond acceptors (Lipinski definition) is 3. The third kappa shape index (κ3) is 3.95. The molecule has 1 N–H and O–H groups in total. The summed E-state index contributed by atoms with van der Waals surface area (Å²) in [7, 11) is 0. The Balaban J connectivity index is 2.59. The van der Waals surface area contributed by atoms with Gasteiger partial charge in [0.25, 0.3) is 0 Å². The van der Waals surface area contributed by atoms with Crippen molar-refractivity contribution in [2.24, 2.45) is 0 Å². The number of rotatable bonds is 4. The number of carbonyl (C=O) groups excluding carboxylic acids is 1. The zero-order valence-corrected chi connectivity index (χ0v) is 9.70. The normalized spacial score (nSPS) is 10.6. The first kappa shape index (κ1) is 12.6. The molecule has 0 saturated heterocycles. The van der Waals surface area contributed by atoms with Gasteiger partial charge in [-0.15, -0.1) is 0 Å². The number of ether oxygens (including phenoxy) is 1. The first-order valence-corrected chi connectivity index (χ1v) is 5.32. The van der Waals surface area contributed by atoms with Crippen LogP contribution < -0.4 is 0 Å². The topological polar surface area (TPSA) is 46.5 Å². The highest BCUT2D eigenvalue weighted by Gasteiger charge is 1.99. The van der Waals surface area contributed by atoms with Gasteiger partial charge in [-0.25, -0.2) is 0 Å². The van der Waals surface area contributed by atoms with Crippen molar-refractivity contribution in [2.75, 3.05) is 6.61 Å². The third-order valence-electron chi connectivity index (χ3n) is 1.88. The Bertz CT molecular complexity index is 399. The van der Waals surface area contributed by atoms with Crippen molar-refractivity contribution in [1.82, 2.24) is 0 Å². The van der Waals surface area contributed by atoms with Gasteiger partial charge in [-0.05, 0) is 25.1 Å². The van der Waals surface area contributed by atoms with Crippen LogP contribution in [0.4, 0.5) is 0 Å². The maximum absolute atomic E-state index is 11.0. The Hall–Kier alpha value is -1.48. The quantitative estimate of drug-likeness (QED) is 0.823. The lowest BCUT2D eigenvalue weighted by molar-refractivity contribution is -0.142. The van der Waals surface area contributed by atoms with Crippen molar-refractivity contribution in [1.29, 1.82) is 0 Å². The molecule has 0 saturated carbocycles. The molecule has 0 fully saturated rings. The van der Waals surface area contributed by atoms with Crippen molar-refractivity contribution in [3.05, 3.63) is 34.9 Å². The van der Waals surface area contributed by atoms with Crippen LogP contribution in [0.1, 0.15) is 18.9 Å². The molecule has 0 unspecified atom stereocenters. The van der Waals surface area contributed by atoms with E-state index >= 15 is 0 Å². The highest BCUT2D eigenvalue weighted by Crippen LogP contribution is 2.22. The molecule has 0 bridgehead atoms. The summed E-state index contributed by atoms with van der Waals surface area (Å²) in [5, 5.41) is 9.98. The zero-order valence-electron chi connectivity index (χ0n) is 8.94. The molecule has 0 radical (unpaired) electrons. The highest BCUT2D eigenvalue weighted by molar-refractivity contribution is 6.30. The van der Waals surface area contributed by atoms with Gasteiger partial charge >= 0.3 is 5.97 Å². The second kappa shape index (κ2) is 6.18. The van der Waals surface area contributed by atoms with Crippen molar-refractivity contribution in [2.45, 2.75) is 13.3 Å². The maximum atomic E-state index is 11.0. The molecular formula is C12H13ClO3. The zero-order chi connectivity index (χ0) is 12.0. The SMILES string of the molecule is CCOC(=O)CC=Cc1ccc(Cl)cc1O. The molecule has 16 heavy (non-hydrogen) atoms. The van der Waals surface area contributed by atoms with Gasteiger partial charge in [0, 0.05) is 10.6 Å². The van der Waals surface area contributed by atoms with Crippen LogP contribution in [0.25, 0.3) is 6.08 Å². The van der Waals surface area contributed by atoms with Crippen molar-refractivity contribution in [3.8, 4) is 5.75 Å². The molecule has 0 amide bonds. The van der Waals surface area contributed by atoms with E-state index in [1.165, 1.54) is 6.07 Å². The Morgan fingerprint density at radius 3 is 2.94 bits per heavy atom. The summed E-state index contributed by atoms with van der Waals surface area (Å²) in [5.41, 5.74) is 0.619. The second-order valence-corrected chi connectivity index (χ2v) is 3.55. The number of aromatic hydroxyl groups is 1. The minimum Gasteiger partial charge on any atom is -0.507 e. The van der Waals surface area contributed by atoms with E-state index < -0.39 is 0 Å². The van der Waals surface area contributed by atoms with E-state index in [2.05, 4.69) is 0 Å². The summed E-state index contributed by atoms with van der Waals surface area (Å²) in [5.74, 6) is -0.195. The maximum Gasteiger partial charge on any atom is 0.309 e. The molecule has 0 heterocycles. The van der Waals surface area contributed by atoms with E-state index in [1.807, 2.05) is 0 Å². The van der Waals surface area contributed by atoms with E-state index in [0.717, 1.165) is 0 Å². The minimum atomic E-state index is -0.285. The largest absolute Gasteiger partial charge is 0.507 e. The highest BCUT2D eigenvalue weighted by atomic mass is 35.5. The van der Waals surface area contributed by atoms with E-state index in [9.17, 15) is 9.90 Å². The fourth-order valence-electron chi connectivity index (χ4n) is 1.16. The molecule has 1 aromatic carbocycles. The van der Waals surface area contributed by atoms with Gasteiger partial charge in [0.15, 0.2) is 0 Å². The minimum absolute atomic E-state index is 0.0904. The number of phenolic OH excluding ortho intramolecular Hbond substituents is 1. The summed E-state index contributed by atoms with van der Waals surface area (Å²) in [6.07, 6.45) is 3.49. The molecule has 0 aliphatic rings. The van der Waals surface area contributed by atoms with E-state index in [-0.39, 0.29) is 18.1 Å². The van der Waals surface area contributed by atoms with Crippen molar-refractivity contribution >= 4 is 23.6 Å². The van der Waals surface area contributed by atoms with Gasteiger partial charge in [-0.1, -0.05) is 23.8 Å². The monoisotopic (exact) mass is 240 g/mol. The summed E-state index contributed by atoms with van der Waals surface area (Å²) in [6, 6.07) is 4.80. The van der Waals surface area contributed by atoms with Gasteiger partial charge in [-0.3, -0.25) is 4.79 Å². The van der Waals surface area contributed by atoms with Gasteiger partial charge in [0.05, 0.1) is 13.0 Å². The Labute approximate surface area is 99.3 Å². The first-order valence-electron chi connectivity index (χ1n) is 4.94. The number of halogens is 1. The summed E-state index contributed by atoms with van der Waals surface area (Å²) in [4.78, 5) is 11.0. The van der Waals surface area contributed by atoms with E-state index in [4.69, 9.17) is 16.3 Å². The smallest absolute Gasteiger partial charge is 0.309 e. The lowest BCUT2D eigenvalue weighted by Gasteiger charge is -1.99. The number of carbonyl (C=O) groups is 1. The van der Waals surface area contributed by atoms with Gasteiger partial charge < -0.3 is 9.84 Å². The molecule has 0 aliphatic carbocycles. The van der Waals surface area contributed by atoms with Crippen LogP contribution in [0.5, 0.6) is 5.75 Å². The van der Waals surface area contributed by atoms with Crippen LogP contribution in [-0.4, -0.2) is 17.7 Å². The fourth-order valence-corrected chi connectivity index (χ4v) is 1.33. The summed E-state index contributed by atoms with van der Waals surface area (Å²) in [6.45, 7) is 2.13. The number of esters is 1. The molecule has 0 spiro atoms. The molecule has 1 aromatic rings. The Morgan fingerprint density at radius 2 is 2.31 bits per heavy atom. The van der Waals surface area contributed by atoms with Gasteiger partial charge in [0.2, 0.25) is 0 Å². The molecule has 0 aliphatic heterocycles. The fraction of sp³-hybridized carbons (Fsp3) is 0.250. The summed E-state index contributed by atoms with van der Waals surface area (Å²) < 4.78 is 4.76. The van der Waals surface area contributed by atoms with Crippen LogP contribution in [0, 0.1) is 0 Å². The number of phenols is 1. The van der Waals surface area contributed by atoms with Crippen LogP contribution in [0.15, 0.2) is 24.3 Å². The lowest BCUT2D eigenvalue weighted by Crippen LogP contribution is -2.01. The molecule has 4 heteroatoms. The standard InChI is InChI=1S/C12H13ClO3/c1-2-16-12(15)5-3-4-9-6-7-10(13)8-11(9)14/h3-4,6-8,14H,2,5H2,1H3. The summed E-state index contributed by atoms with van der Waals surface area (Å²) >= 11 is 5.68. The van der Waals surface area contributed by atoms with Crippen LogP contribution in [0.2, 0.25) is 5.02 Å². The van der Waals surface area contributed by atoms with Gasteiger partial charge in [-0.2, -0.15) is 0 Å². The molecule has 3 nitrogen and oxygen atoms in total. The third-order valence-corrected chi connectivity index (χ3v) is 2.11. The Morgan fingerprint density at radius 1 is 1.56 bits per heavy atom. The average Bonchev–Trinajstić information content (AvgIpc) is 2.22. The van der Waals surface area contributed by atoms with Crippen LogP contribution in [0.3, 0.4) is 0 Å². The van der Waals surface area contributed by atoms with Crippen LogP contribution in [-0.2, 0) is 9.53 Å². The Kier molecular flexibility index (Phi) is 4.86. The number of benzene rings is 1.